The molecule has 0 atom stereocenters. The van der Waals surface area contributed by atoms with Gasteiger partial charge < -0.3 is 4.74 Å². The average molecular weight is 208 g/mol. The second kappa shape index (κ2) is 4.76. The topological polar surface area (TPSA) is 9.23 Å². The van der Waals surface area contributed by atoms with Crippen LogP contribution in [-0.2, 0) is 11.3 Å². The van der Waals surface area contributed by atoms with Crippen molar-refractivity contribution in [2.24, 2.45) is 0 Å². The van der Waals surface area contributed by atoms with Gasteiger partial charge in [0.15, 0.2) is 0 Å². The molecule has 0 bridgehead atoms. The van der Waals surface area contributed by atoms with Crippen molar-refractivity contribution in [1.29, 1.82) is 0 Å². The molecule has 1 aliphatic carbocycles. The van der Waals surface area contributed by atoms with Crippen LogP contribution >= 0.6 is 11.3 Å². The molecule has 76 valence electrons. The average Bonchev–Trinajstić information content (AvgIpc) is 2.68. The van der Waals surface area contributed by atoms with Crippen LogP contribution in [0.1, 0.15) is 35.4 Å². The summed E-state index contributed by atoms with van der Waals surface area (Å²) in [5.74, 6) is 0. The Hall–Kier alpha value is -0.600. The third-order valence-corrected chi connectivity index (χ3v) is 3.69. The number of hydrogen-bond acceptors (Lipinski definition) is 2. The van der Waals surface area contributed by atoms with Gasteiger partial charge in [-0.1, -0.05) is 6.08 Å². The number of hydrogen-bond donors (Lipinski definition) is 0. The van der Waals surface area contributed by atoms with Crippen LogP contribution in [0.2, 0.25) is 0 Å². The van der Waals surface area contributed by atoms with Crippen molar-refractivity contribution in [2.75, 3.05) is 7.11 Å². The number of rotatable bonds is 3. The van der Waals surface area contributed by atoms with Crippen LogP contribution in [0.25, 0.3) is 5.57 Å². The minimum absolute atomic E-state index is 0.748. The number of ether oxygens (including phenoxy) is 1. The van der Waals surface area contributed by atoms with E-state index in [1.54, 1.807) is 12.7 Å². The minimum Gasteiger partial charge on any atom is -0.379 e. The molecule has 0 N–H and O–H groups in total. The van der Waals surface area contributed by atoms with Crippen molar-refractivity contribution in [3.63, 3.8) is 0 Å². The highest BCUT2D eigenvalue weighted by atomic mass is 32.1. The normalized spacial score (nSPS) is 16.8. The standard InChI is InChI=1S/C12H16OS/c1-13-9-11-7-8-12(14-11)10-5-3-2-4-6-10/h5,7-8H,2-4,6,9H2,1H3. The van der Waals surface area contributed by atoms with Gasteiger partial charge in [0, 0.05) is 16.9 Å². The summed E-state index contributed by atoms with van der Waals surface area (Å²) < 4.78 is 5.12. The van der Waals surface area contributed by atoms with Gasteiger partial charge in [-0.05, 0) is 43.4 Å². The highest BCUT2D eigenvalue weighted by Crippen LogP contribution is 2.31. The van der Waals surface area contributed by atoms with Crippen molar-refractivity contribution in [3.05, 3.63) is 28.0 Å². The zero-order valence-electron chi connectivity index (χ0n) is 8.58. The summed E-state index contributed by atoms with van der Waals surface area (Å²) >= 11 is 1.87. The molecule has 0 radical (unpaired) electrons. The molecule has 0 fully saturated rings. The van der Waals surface area contributed by atoms with Gasteiger partial charge in [0.1, 0.15) is 0 Å². The van der Waals surface area contributed by atoms with Crippen LogP contribution < -0.4 is 0 Å². The Balaban J connectivity index is 2.11. The first-order valence-electron chi connectivity index (χ1n) is 5.17. The Morgan fingerprint density at radius 2 is 2.29 bits per heavy atom. The Morgan fingerprint density at radius 3 is 3.00 bits per heavy atom. The molecule has 0 saturated carbocycles. The molecule has 0 saturated heterocycles. The smallest absolute Gasteiger partial charge is 0.0805 e. The molecule has 0 aliphatic heterocycles. The maximum Gasteiger partial charge on any atom is 0.0805 e. The van der Waals surface area contributed by atoms with Crippen molar-refractivity contribution in [2.45, 2.75) is 32.3 Å². The van der Waals surface area contributed by atoms with Crippen LogP contribution in [0.15, 0.2) is 18.2 Å². The van der Waals surface area contributed by atoms with Crippen molar-refractivity contribution < 1.29 is 4.74 Å². The molecule has 2 heteroatoms. The molecule has 0 amide bonds. The fraction of sp³-hybridized carbons (Fsp3) is 0.500. The monoisotopic (exact) mass is 208 g/mol. The molecular formula is C12H16OS. The van der Waals surface area contributed by atoms with Gasteiger partial charge in [-0.15, -0.1) is 11.3 Å². The van der Waals surface area contributed by atoms with E-state index in [1.165, 1.54) is 35.4 Å². The molecule has 0 aromatic carbocycles. The van der Waals surface area contributed by atoms with Gasteiger partial charge in [-0.25, -0.2) is 0 Å². The van der Waals surface area contributed by atoms with Gasteiger partial charge in [0.25, 0.3) is 0 Å². The summed E-state index contributed by atoms with van der Waals surface area (Å²) in [6, 6.07) is 4.41. The summed E-state index contributed by atoms with van der Waals surface area (Å²) in [5.41, 5.74) is 1.55. The van der Waals surface area contributed by atoms with Crippen LogP contribution in [0, 0.1) is 0 Å². The SMILES string of the molecule is COCc1ccc(C2=CCCCC2)s1. The summed E-state index contributed by atoms with van der Waals surface area (Å²) in [6.07, 6.45) is 7.62. The van der Waals surface area contributed by atoms with E-state index in [-0.39, 0.29) is 0 Å². The number of allylic oxidation sites excluding steroid dienone is 2. The van der Waals surface area contributed by atoms with Gasteiger partial charge >= 0.3 is 0 Å². The van der Waals surface area contributed by atoms with Gasteiger partial charge in [0.2, 0.25) is 0 Å². The van der Waals surface area contributed by atoms with E-state index in [9.17, 15) is 0 Å². The van der Waals surface area contributed by atoms with Crippen LogP contribution in [-0.4, -0.2) is 7.11 Å². The molecule has 1 heterocycles. The lowest BCUT2D eigenvalue weighted by atomic mass is 9.99. The molecule has 1 aromatic rings. The Labute approximate surface area is 89.4 Å². The first-order chi connectivity index (χ1) is 6.90. The molecule has 1 aromatic heterocycles. The van der Waals surface area contributed by atoms with E-state index in [4.69, 9.17) is 4.74 Å². The van der Waals surface area contributed by atoms with Gasteiger partial charge in [0.05, 0.1) is 6.61 Å². The third kappa shape index (κ3) is 2.25. The van der Waals surface area contributed by atoms with Crippen LogP contribution in [0.4, 0.5) is 0 Å². The Kier molecular flexibility index (Phi) is 3.38. The summed E-state index contributed by atoms with van der Waals surface area (Å²) in [4.78, 5) is 2.77. The molecule has 1 aliphatic rings. The van der Waals surface area contributed by atoms with Gasteiger partial charge in [-0.3, -0.25) is 0 Å². The first-order valence-corrected chi connectivity index (χ1v) is 5.99. The Morgan fingerprint density at radius 1 is 1.36 bits per heavy atom. The van der Waals surface area contributed by atoms with E-state index < -0.39 is 0 Å². The third-order valence-electron chi connectivity index (χ3n) is 2.56. The fourth-order valence-corrected chi connectivity index (χ4v) is 2.88. The van der Waals surface area contributed by atoms with E-state index in [0.717, 1.165) is 6.61 Å². The lowest BCUT2D eigenvalue weighted by Gasteiger charge is -2.10. The van der Waals surface area contributed by atoms with E-state index in [0.29, 0.717) is 0 Å². The zero-order chi connectivity index (χ0) is 9.80. The lowest BCUT2D eigenvalue weighted by Crippen LogP contribution is -1.88. The van der Waals surface area contributed by atoms with E-state index in [2.05, 4.69) is 18.2 Å². The van der Waals surface area contributed by atoms with E-state index in [1.807, 2.05) is 11.3 Å². The fourth-order valence-electron chi connectivity index (χ4n) is 1.83. The zero-order valence-corrected chi connectivity index (χ0v) is 9.40. The number of methoxy groups -OCH3 is 1. The number of thiophene rings is 1. The molecule has 2 rings (SSSR count). The largest absolute Gasteiger partial charge is 0.379 e. The van der Waals surface area contributed by atoms with Crippen molar-refractivity contribution >= 4 is 16.9 Å². The molecule has 0 unspecified atom stereocenters. The molecule has 14 heavy (non-hydrogen) atoms. The Bertz CT molecular complexity index is 325. The first kappa shape index (κ1) is 9.94. The summed E-state index contributed by atoms with van der Waals surface area (Å²) in [7, 11) is 1.75. The maximum atomic E-state index is 5.12. The van der Waals surface area contributed by atoms with Gasteiger partial charge in [-0.2, -0.15) is 0 Å². The molecular weight excluding hydrogens is 192 g/mol. The highest BCUT2D eigenvalue weighted by Gasteiger charge is 2.08. The quantitative estimate of drug-likeness (QED) is 0.733. The second-order valence-electron chi connectivity index (χ2n) is 3.67. The maximum absolute atomic E-state index is 5.12. The van der Waals surface area contributed by atoms with Crippen LogP contribution in [0.5, 0.6) is 0 Å². The lowest BCUT2D eigenvalue weighted by molar-refractivity contribution is 0.187. The predicted octanol–water partition coefficient (Wildman–Crippen LogP) is 3.85. The van der Waals surface area contributed by atoms with Crippen molar-refractivity contribution in [3.8, 4) is 0 Å². The molecule has 0 spiro atoms. The minimum atomic E-state index is 0.748. The second-order valence-corrected chi connectivity index (χ2v) is 4.84. The van der Waals surface area contributed by atoms with E-state index >= 15 is 0 Å². The summed E-state index contributed by atoms with van der Waals surface area (Å²) in [6.45, 7) is 0.748. The van der Waals surface area contributed by atoms with Crippen molar-refractivity contribution in [1.82, 2.24) is 0 Å². The highest BCUT2D eigenvalue weighted by molar-refractivity contribution is 7.13. The predicted molar refractivity (Wildman–Crippen MR) is 61.5 cm³/mol. The molecule has 1 nitrogen and oxygen atoms in total. The summed E-state index contributed by atoms with van der Waals surface area (Å²) in [5, 5.41) is 0. The van der Waals surface area contributed by atoms with Crippen LogP contribution in [0.3, 0.4) is 0 Å².